The van der Waals surface area contributed by atoms with Gasteiger partial charge in [0.05, 0.1) is 18.4 Å². The Kier molecular flexibility index (Phi) is 3.42. The number of carbonyl (C=O) groups excluding carboxylic acids is 1. The molecule has 1 aromatic rings. The Morgan fingerprint density at radius 2 is 2.12 bits per heavy atom. The highest BCUT2D eigenvalue weighted by atomic mass is 16.5. The van der Waals surface area contributed by atoms with Gasteiger partial charge in [0, 0.05) is 6.04 Å². The van der Waals surface area contributed by atoms with E-state index in [0.29, 0.717) is 17.3 Å². The minimum atomic E-state index is -0.343. The van der Waals surface area contributed by atoms with Gasteiger partial charge < -0.3 is 10.1 Å². The average Bonchev–Trinajstić information content (AvgIpc) is 2.81. The summed E-state index contributed by atoms with van der Waals surface area (Å²) < 4.78 is 4.68. The maximum absolute atomic E-state index is 11.4. The van der Waals surface area contributed by atoms with Crippen LogP contribution in [0.4, 0.5) is 5.82 Å². The molecule has 0 fully saturated rings. The molecule has 0 unspecified atom stereocenters. The summed E-state index contributed by atoms with van der Waals surface area (Å²) in [6.45, 7) is 1.81. The Hall–Kier alpha value is -1.84. The average molecular weight is 232 g/mol. The van der Waals surface area contributed by atoms with Gasteiger partial charge in [-0.3, -0.25) is 0 Å². The highest BCUT2D eigenvalue weighted by Crippen LogP contribution is 2.17. The van der Waals surface area contributed by atoms with Crippen molar-refractivity contribution >= 4 is 11.8 Å². The standard InChI is InChI=1S/C13H16N2O2/c1-9-11(13(16)17-2)7-8-12(14-9)15-10-5-3-4-6-10/h3-4,7-8,10H,5-6H2,1-2H3,(H,14,15). The van der Waals surface area contributed by atoms with Crippen LogP contribution in [0.15, 0.2) is 24.3 Å². The summed E-state index contributed by atoms with van der Waals surface area (Å²) in [5.41, 5.74) is 1.20. The SMILES string of the molecule is COC(=O)c1ccc(NC2CC=CC2)nc1C. The van der Waals surface area contributed by atoms with Gasteiger partial charge in [-0.25, -0.2) is 9.78 Å². The van der Waals surface area contributed by atoms with Crippen LogP contribution in [0, 0.1) is 6.92 Å². The molecule has 0 amide bonds. The molecule has 0 saturated carbocycles. The number of nitrogens with zero attached hydrogens (tertiary/aromatic N) is 1. The quantitative estimate of drug-likeness (QED) is 0.641. The van der Waals surface area contributed by atoms with Crippen LogP contribution in [-0.4, -0.2) is 24.1 Å². The molecule has 90 valence electrons. The van der Waals surface area contributed by atoms with Gasteiger partial charge in [-0.05, 0) is 31.9 Å². The maximum Gasteiger partial charge on any atom is 0.339 e. The molecule has 0 aromatic carbocycles. The first kappa shape index (κ1) is 11.6. The number of rotatable bonds is 3. The van der Waals surface area contributed by atoms with Gasteiger partial charge in [0.15, 0.2) is 0 Å². The largest absolute Gasteiger partial charge is 0.465 e. The number of aryl methyl sites for hydroxylation is 1. The minimum Gasteiger partial charge on any atom is -0.465 e. The number of carbonyl (C=O) groups is 1. The molecule has 1 N–H and O–H groups in total. The zero-order chi connectivity index (χ0) is 12.3. The number of esters is 1. The minimum absolute atomic E-state index is 0.343. The van der Waals surface area contributed by atoms with Crippen molar-refractivity contribution in [3.8, 4) is 0 Å². The van der Waals surface area contributed by atoms with Crippen molar-refractivity contribution in [2.24, 2.45) is 0 Å². The van der Waals surface area contributed by atoms with E-state index in [0.717, 1.165) is 18.7 Å². The summed E-state index contributed by atoms with van der Waals surface area (Å²) in [7, 11) is 1.37. The Morgan fingerprint density at radius 1 is 1.41 bits per heavy atom. The van der Waals surface area contributed by atoms with E-state index in [9.17, 15) is 4.79 Å². The summed E-state index contributed by atoms with van der Waals surface area (Å²) in [5, 5.41) is 3.34. The summed E-state index contributed by atoms with van der Waals surface area (Å²) in [5.74, 6) is 0.466. The van der Waals surface area contributed by atoms with Gasteiger partial charge in [0.2, 0.25) is 0 Å². The lowest BCUT2D eigenvalue weighted by atomic mass is 10.2. The normalized spacial score (nSPS) is 14.9. The molecule has 2 rings (SSSR count). The number of hydrogen-bond donors (Lipinski definition) is 1. The molecular formula is C13H16N2O2. The van der Waals surface area contributed by atoms with Crippen molar-refractivity contribution in [2.45, 2.75) is 25.8 Å². The lowest BCUT2D eigenvalue weighted by Crippen LogP contribution is -2.16. The Balaban J connectivity index is 2.10. The highest BCUT2D eigenvalue weighted by Gasteiger charge is 2.13. The molecular weight excluding hydrogens is 216 g/mol. The van der Waals surface area contributed by atoms with Crippen molar-refractivity contribution in [3.63, 3.8) is 0 Å². The third-order valence-electron chi connectivity index (χ3n) is 2.85. The lowest BCUT2D eigenvalue weighted by Gasteiger charge is -2.13. The molecule has 1 heterocycles. The number of nitrogens with one attached hydrogen (secondary N) is 1. The number of pyridine rings is 1. The van der Waals surface area contributed by atoms with E-state index in [4.69, 9.17) is 0 Å². The van der Waals surface area contributed by atoms with Crippen LogP contribution in [0.25, 0.3) is 0 Å². The van der Waals surface area contributed by atoms with Gasteiger partial charge in [-0.1, -0.05) is 12.2 Å². The topological polar surface area (TPSA) is 51.2 Å². The molecule has 4 nitrogen and oxygen atoms in total. The van der Waals surface area contributed by atoms with Gasteiger partial charge >= 0.3 is 5.97 Å². The van der Waals surface area contributed by atoms with Crippen molar-refractivity contribution in [1.29, 1.82) is 0 Å². The van der Waals surface area contributed by atoms with Crippen molar-refractivity contribution in [2.75, 3.05) is 12.4 Å². The molecule has 0 bridgehead atoms. The van der Waals surface area contributed by atoms with E-state index >= 15 is 0 Å². The monoisotopic (exact) mass is 232 g/mol. The van der Waals surface area contributed by atoms with E-state index in [-0.39, 0.29) is 5.97 Å². The van der Waals surface area contributed by atoms with Crippen LogP contribution >= 0.6 is 0 Å². The van der Waals surface area contributed by atoms with E-state index in [1.54, 1.807) is 6.07 Å². The highest BCUT2D eigenvalue weighted by molar-refractivity contribution is 5.90. The second-order valence-corrected chi connectivity index (χ2v) is 4.11. The van der Waals surface area contributed by atoms with Gasteiger partial charge in [0.1, 0.15) is 5.82 Å². The summed E-state index contributed by atoms with van der Waals surface area (Å²) in [6.07, 6.45) is 6.37. The van der Waals surface area contributed by atoms with Gasteiger partial charge in [-0.15, -0.1) is 0 Å². The van der Waals surface area contributed by atoms with Crippen LogP contribution in [0.2, 0.25) is 0 Å². The van der Waals surface area contributed by atoms with Crippen molar-refractivity contribution in [3.05, 3.63) is 35.5 Å². The fourth-order valence-corrected chi connectivity index (χ4v) is 1.91. The van der Waals surface area contributed by atoms with Gasteiger partial charge in [0.25, 0.3) is 0 Å². The van der Waals surface area contributed by atoms with Crippen LogP contribution in [-0.2, 0) is 4.74 Å². The third kappa shape index (κ3) is 2.64. The third-order valence-corrected chi connectivity index (χ3v) is 2.85. The molecule has 1 aromatic heterocycles. The van der Waals surface area contributed by atoms with Crippen LogP contribution in [0.5, 0.6) is 0 Å². The molecule has 4 heteroatoms. The maximum atomic E-state index is 11.4. The Morgan fingerprint density at radius 3 is 2.71 bits per heavy atom. The summed E-state index contributed by atoms with van der Waals surface area (Å²) in [4.78, 5) is 15.8. The molecule has 0 atom stereocenters. The number of anilines is 1. The fourth-order valence-electron chi connectivity index (χ4n) is 1.91. The van der Waals surface area contributed by atoms with Crippen LogP contribution in [0.1, 0.15) is 28.9 Å². The molecule has 0 spiro atoms. The second kappa shape index (κ2) is 4.99. The Labute approximate surface area is 101 Å². The number of hydrogen-bond acceptors (Lipinski definition) is 4. The van der Waals surface area contributed by atoms with E-state index < -0.39 is 0 Å². The smallest absolute Gasteiger partial charge is 0.339 e. The zero-order valence-electron chi connectivity index (χ0n) is 10.1. The predicted octanol–water partition coefficient (Wildman–Crippen LogP) is 2.31. The second-order valence-electron chi connectivity index (χ2n) is 4.11. The van der Waals surface area contributed by atoms with Gasteiger partial charge in [-0.2, -0.15) is 0 Å². The lowest BCUT2D eigenvalue weighted by molar-refractivity contribution is 0.0599. The van der Waals surface area contributed by atoms with E-state index in [1.165, 1.54) is 7.11 Å². The number of aromatic nitrogens is 1. The van der Waals surface area contributed by atoms with E-state index in [1.807, 2.05) is 13.0 Å². The zero-order valence-corrected chi connectivity index (χ0v) is 10.1. The van der Waals surface area contributed by atoms with Crippen LogP contribution in [0.3, 0.4) is 0 Å². The molecule has 1 aliphatic carbocycles. The first-order valence-electron chi connectivity index (χ1n) is 5.68. The predicted molar refractivity (Wildman–Crippen MR) is 66.1 cm³/mol. The fraction of sp³-hybridized carbons (Fsp3) is 0.385. The first-order valence-corrected chi connectivity index (χ1v) is 5.68. The summed E-state index contributed by atoms with van der Waals surface area (Å²) in [6, 6.07) is 3.99. The van der Waals surface area contributed by atoms with E-state index in [2.05, 4.69) is 27.2 Å². The Bertz CT molecular complexity index is 447. The molecule has 17 heavy (non-hydrogen) atoms. The van der Waals surface area contributed by atoms with Crippen LogP contribution < -0.4 is 5.32 Å². The van der Waals surface area contributed by atoms with Crippen molar-refractivity contribution < 1.29 is 9.53 Å². The molecule has 1 aliphatic rings. The van der Waals surface area contributed by atoms with Crippen molar-refractivity contribution in [1.82, 2.24) is 4.98 Å². The molecule has 0 aliphatic heterocycles. The molecule has 0 saturated heterocycles. The summed E-state index contributed by atoms with van der Waals surface area (Å²) >= 11 is 0. The molecule has 0 radical (unpaired) electrons. The first-order chi connectivity index (χ1) is 8.20. The number of ether oxygens (including phenoxy) is 1. The number of methoxy groups -OCH3 is 1.